The maximum absolute atomic E-state index is 12.3. The lowest BCUT2D eigenvalue weighted by Gasteiger charge is -2.19. The highest BCUT2D eigenvalue weighted by Crippen LogP contribution is 2.44. The third kappa shape index (κ3) is 2.81. The number of rotatable bonds is 1. The zero-order chi connectivity index (χ0) is 14.3. The van der Waals surface area contributed by atoms with E-state index in [1.807, 2.05) is 0 Å². The number of nitrogens with two attached hydrogens (primary N) is 1. The van der Waals surface area contributed by atoms with Gasteiger partial charge in [-0.15, -0.1) is 0 Å². The van der Waals surface area contributed by atoms with Crippen molar-refractivity contribution in [1.82, 2.24) is 0 Å². The molecule has 0 amide bonds. The topological polar surface area (TPSA) is 46.2 Å². The molecule has 2 nitrogen and oxygen atoms in total. The van der Waals surface area contributed by atoms with Gasteiger partial charge in [-0.05, 0) is 6.07 Å². The van der Waals surface area contributed by atoms with E-state index in [0.717, 1.165) is 0 Å². The molecule has 3 N–H and O–H groups in total. The summed E-state index contributed by atoms with van der Waals surface area (Å²) in [6.07, 6.45) is -9.78. The molecule has 9 heteroatoms. The highest BCUT2D eigenvalue weighted by Gasteiger charge is 2.41. The van der Waals surface area contributed by atoms with E-state index in [2.05, 4.69) is 0 Å². The average molecular weight is 294 g/mol. The Morgan fingerprint density at radius 1 is 1.11 bits per heavy atom. The molecule has 102 valence electrons. The fourth-order valence-corrected chi connectivity index (χ4v) is 1.50. The van der Waals surface area contributed by atoms with Crippen LogP contribution in [0.2, 0.25) is 5.02 Å². The summed E-state index contributed by atoms with van der Waals surface area (Å²) in [5.41, 5.74) is 2.43. The molecule has 0 saturated carbocycles. The zero-order valence-corrected chi connectivity index (χ0v) is 9.16. The lowest BCUT2D eigenvalue weighted by molar-refractivity contribution is -0.149. The van der Waals surface area contributed by atoms with Crippen molar-refractivity contribution in [1.29, 1.82) is 0 Å². The third-order valence-electron chi connectivity index (χ3n) is 2.14. The number of alkyl halides is 6. The Labute approximate surface area is 102 Å². The first-order chi connectivity index (χ1) is 7.96. The second kappa shape index (κ2) is 4.51. The van der Waals surface area contributed by atoms with Gasteiger partial charge in [0.25, 0.3) is 0 Å². The van der Waals surface area contributed by atoms with Gasteiger partial charge in [0.2, 0.25) is 0 Å². The Morgan fingerprint density at radius 2 is 1.61 bits per heavy atom. The standard InChI is InChI=1S/C9H6ClF6NO/c10-5-4(8(11,12)13)2-1-3(6(5)18)7(17)9(14,15)16/h1-2,7,18H,17H2/t7-/m0/s1. The molecule has 1 aromatic rings. The predicted octanol–water partition coefficient (Wildman–Crippen LogP) is 3.63. The Kier molecular flexibility index (Phi) is 3.73. The third-order valence-corrected chi connectivity index (χ3v) is 2.52. The Bertz CT molecular complexity index is 456. The summed E-state index contributed by atoms with van der Waals surface area (Å²) in [5.74, 6) is -1.32. The summed E-state index contributed by atoms with van der Waals surface area (Å²) in [6, 6.07) is -1.83. The van der Waals surface area contributed by atoms with E-state index in [4.69, 9.17) is 17.3 Å². The zero-order valence-electron chi connectivity index (χ0n) is 8.40. The van der Waals surface area contributed by atoms with Gasteiger partial charge < -0.3 is 10.8 Å². The summed E-state index contributed by atoms with van der Waals surface area (Å²) >= 11 is 5.18. The van der Waals surface area contributed by atoms with Gasteiger partial charge in [0.05, 0.1) is 10.6 Å². The van der Waals surface area contributed by atoms with Gasteiger partial charge in [0.1, 0.15) is 11.8 Å². The fourth-order valence-electron chi connectivity index (χ4n) is 1.23. The van der Waals surface area contributed by atoms with Crippen molar-refractivity contribution >= 4 is 11.6 Å². The number of aromatic hydroxyl groups is 1. The number of halogens is 7. The van der Waals surface area contributed by atoms with Gasteiger partial charge in [-0.3, -0.25) is 0 Å². The molecule has 0 radical (unpaired) electrons. The monoisotopic (exact) mass is 293 g/mol. The summed E-state index contributed by atoms with van der Waals surface area (Å²) in [7, 11) is 0. The largest absolute Gasteiger partial charge is 0.506 e. The molecule has 0 spiro atoms. The first kappa shape index (κ1) is 14.9. The van der Waals surface area contributed by atoms with E-state index in [1.54, 1.807) is 0 Å². The van der Waals surface area contributed by atoms with Crippen LogP contribution in [0.4, 0.5) is 26.3 Å². The molecule has 1 rings (SSSR count). The normalized spacial score (nSPS) is 14.7. The van der Waals surface area contributed by atoms with E-state index in [-0.39, 0.29) is 0 Å². The first-order valence-corrected chi connectivity index (χ1v) is 4.75. The minimum atomic E-state index is -4.90. The summed E-state index contributed by atoms with van der Waals surface area (Å²) in [4.78, 5) is 0. The second-order valence-corrected chi connectivity index (χ2v) is 3.76. The van der Waals surface area contributed by atoms with Gasteiger partial charge in [0.15, 0.2) is 0 Å². The molecule has 0 fully saturated rings. The minimum absolute atomic E-state index is 0.336. The van der Waals surface area contributed by atoms with Crippen molar-refractivity contribution in [3.8, 4) is 5.75 Å². The smallest absolute Gasteiger partial charge is 0.417 e. The van der Waals surface area contributed by atoms with Crippen molar-refractivity contribution in [3.05, 3.63) is 28.3 Å². The van der Waals surface area contributed by atoms with Crippen molar-refractivity contribution in [2.75, 3.05) is 0 Å². The Morgan fingerprint density at radius 3 is 2.00 bits per heavy atom. The summed E-state index contributed by atoms with van der Waals surface area (Å²) in [5, 5.41) is 8.05. The SMILES string of the molecule is N[C@@H](c1ccc(C(F)(F)F)c(Cl)c1O)C(F)(F)F. The molecular weight excluding hydrogens is 288 g/mol. The molecule has 0 aliphatic rings. The quantitative estimate of drug-likeness (QED) is 0.777. The van der Waals surface area contributed by atoms with Gasteiger partial charge in [-0.25, -0.2) is 0 Å². The molecule has 0 saturated heterocycles. The average Bonchev–Trinajstić information content (AvgIpc) is 2.17. The Hall–Kier alpha value is -1.15. The van der Waals surface area contributed by atoms with E-state index in [1.165, 1.54) is 0 Å². The van der Waals surface area contributed by atoms with Gasteiger partial charge in [-0.1, -0.05) is 17.7 Å². The van der Waals surface area contributed by atoms with Crippen LogP contribution in [-0.4, -0.2) is 11.3 Å². The van der Waals surface area contributed by atoms with E-state index < -0.39 is 40.3 Å². The molecule has 18 heavy (non-hydrogen) atoms. The van der Waals surface area contributed by atoms with Crippen LogP contribution in [0.3, 0.4) is 0 Å². The Balaban J connectivity index is 3.34. The van der Waals surface area contributed by atoms with Crippen LogP contribution < -0.4 is 5.73 Å². The van der Waals surface area contributed by atoms with Crippen LogP contribution in [0, 0.1) is 0 Å². The number of hydrogen-bond acceptors (Lipinski definition) is 2. The van der Waals surface area contributed by atoms with E-state index in [0.29, 0.717) is 12.1 Å². The fraction of sp³-hybridized carbons (Fsp3) is 0.333. The molecule has 0 heterocycles. The molecule has 0 aromatic heterocycles. The molecule has 1 atom stereocenters. The van der Waals surface area contributed by atoms with Gasteiger partial charge in [-0.2, -0.15) is 26.3 Å². The van der Waals surface area contributed by atoms with Crippen LogP contribution >= 0.6 is 11.6 Å². The highest BCUT2D eigenvalue weighted by molar-refractivity contribution is 6.33. The molecule has 0 aliphatic carbocycles. The number of hydrogen-bond donors (Lipinski definition) is 2. The molecule has 0 unspecified atom stereocenters. The summed E-state index contributed by atoms with van der Waals surface area (Å²) in [6.45, 7) is 0. The van der Waals surface area contributed by atoms with Crippen LogP contribution in [0.15, 0.2) is 12.1 Å². The first-order valence-electron chi connectivity index (χ1n) is 4.37. The number of phenolic OH excluding ortho intramolecular Hbond substituents is 1. The van der Waals surface area contributed by atoms with Crippen molar-refractivity contribution in [2.45, 2.75) is 18.4 Å². The van der Waals surface area contributed by atoms with Crippen LogP contribution in [0.25, 0.3) is 0 Å². The molecule has 1 aromatic carbocycles. The summed E-state index contributed by atoms with van der Waals surface area (Å²) < 4.78 is 73.9. The predicted molar refractivity (Wildman–Crippen MR) is 51.1 cm³/mol. The maximum atomic E-state index is 12.3. The minimum Gasteiger partial charge on any atom is -0.506 e. The van der Waals surface area contributed by atoms with Crippen LogP contribution in [-0.2, 0) is 6.18 Å². The van der Waals surface area contributed by atoms with Gasteiger partial charge in [0, 0.05) is 5.56 Å². The van der Waals surface area contributed by atoms with Crippen LogP contribution in [0.5, 0.6) is 5.75 Å². The number of benzene rings is 1. The van der Waals surface area contributed by atoms with Crippen molar-refractivity contribution < 1.29 is 31.4 Å². The molecular formula is C9H6ClF6NO. The van der Waals surface area contributed by atoms with Crippen molar-refractivity contribution in [3.63, 3.8) is 0 Å². The van der Waals surface area contributed by atoms with Gasteiger partial charge >= 0.3 is 12.4 Å². The molecule has 0 bridgehead atoms. The maximum Gasteiger partial charge on any atom is 0.417 e. The lowest BCUT2D eigenvalue weighted by Crippen LogP contribution is -2.28. The second-order valence-electron chi connectivity index (χ2n) is 3.38. The number of phenols is 1. The van der Waals surface area contributed by atoms with Crippen molar-refractivity contribution in [2.24, 2.45) is 5.73 Å². The van der Waals surface area contributed by atoms with E-state index >= 15 is 0 Å². The van der Waals surface area contributed by atoms with Crippen LogP contribution in [0.1, 0.15) is 17.2 Å². The lowest BCUT2D eigenvalue weighted by atomic mass is 10.0. The van der Waals surface area contributed by atoms with E-state index in [9.17, 15) is 31.4 Å². The highest BCUT2D eigenvalue weighted by atomic mass is 35.5. The molecule has 0 aliphatic heterocycles.